The summed E-state index contributed by atoms with van der Waals surface area (Å²) >= 11 is 0. The molecule has 0 saturated carbocycles. The van der Waals surface area contributed by atoms with Gasteiger partial charge < -0.3 is 9.67 Å². The summed E-state index contributed by atoms with van der Waals surface area (Å²) in [7, 11) is 0. The molecule has 1 N–H and O–H groups in total. The van der Waals surface area contributed by atoms with Gasteiger partial charge in [0.15, 0.2) is 0 Å². The average Bonchev–Trinajstić information content (AvgIpc) is 2.63. The Hall–Kier alpha value is -2.95. The number of pyridine rings is 1. The van der Waals surface area contributed by atoms with Crippen LogP contribution < -0.4 is 5.56 Å². The summed E-state index contributed by atoms with van der Waals surface area (Å²) in [5.41, 5.74) is 2.07. The molecule has 0 saturated heterocycles. The third-order valence-corrected chi connectivity index (χ3v) is 4.40. The molecule has 0 radical (unpaired) electrons. The van der Waals surface area contributed by atoms with Crippen molar-refractivity contribution in [2.24, 2.45) is 4.99 Å². The molecule has 2 aromatic carbocycles. The summed E-state index contributed by atoms with van der Waals surface area (Å²) in [4.78, 5) is 17.2. The fourth-order valence-electron chi connectivity index (χ4n) is 3.01. The van der Waals surface area contributed by atoms with Gasteiger partial charge in [0.05, 0.1) is 11.2 Å². The highest BCUT2D eigenvalue weighted by atomic mass is 19.1. The Morgan fingerprint density at radius 1 is 1.19 bits per heavy atom. The lowest BCUT2D eigenvalue weighted by Crippen LogP contribution is -2.25. The Labute approximate surface area is 151 Å². The molecule has 26 heavy (non-hydrogen) atoms. The van der Waals surface area contributed by atoms with Crippen LogP contribution in [0.3, 0.4) is 0 Å². The van der Waals surface area contributed by atoms with Gasteiger partial charge >= 0.3 is 0 Å². The van der Waals surface area contributed by atoms with E-state index in [1.807, 2.05) is 19.1 Å². The standard InChI is InChI=1S/C21H21FN2O2/c1-3-4-12-24-19-14(2)6-5-7-17(19)20(25)18(21(24)26)13-23-16-10-8-15(22)9-11-16/h5-11,13,25H,3-4,12H2,1-2H3. The topological polar surface area (TPSA) is 54.6 Å². The monoisotopic (exact) mass is 352 g/mol. The van der Waals surface area contributed by atoms with Crippen LogP contribution in [0.5, 0.6) is 5.75 Å². The molecule has 0 aliphatic rings. The van der Waals surface area contributed by atoms with Crippen LogP contribution in [0.25, 0.3) is 10.9 Å². The Kier molecular flexibility index (Phi) is 5.16. The number of fused-ring (bicyclic) bond motifs is 1. The summed E-state index contributed by atoms with van der Waals surface area (Å²) < 4.78 is 14.7. The maximum atomic E-state index is 13.0. The second kappa shape index (κ2) is 7.52. The zero-order valence-corrected chi connectivity index (χ0v) is 14.9. The van der Waals surface area contributed by atoms with Crippen molar-refractivity contribution in [3.63, 3.8) is 0 Å². The number of nitrogens with zero attached hydrogens (tertiary/aromatic N) is 2. The van der Waals surface area contributed by atoms with E-state index >= 15 is 0 Å². The van der Waals surface area contributed by atoms with Gasteiger partial charge in [0.1, 0.15) is 17.1 Å². The SMILES string of the molecule is CCCCn1c(=O)c(C=Nc2ccc(F)cc2)c(O)c2cccc(C)c21. The number of hydrogen-bond acceptors (Lipinski definition) is 3. The first kappa shape index (κ1) is 17.9. The van der Waals surface area contributed by atoms with Crippen LogP contribution in [0.4, 0.5) is 10.1 Å². The molecule has 0 spiro atoms. The molecule has 5 heteroatoms. The van der Waals surface area contributed by atoms with E-state index in [2.05, 4.69) is 11.9 Å². The fraction of sp³-hybridized carbons (Fsp3) is 0.238. The highest BCUT2D eigenvalue weighted by molar-refractivity contribution is 5.96. The van der Waals surface area contributed by atoms with Gasteiger partial charge in [-0.2, -0.15) is 0 Å². The predicted molar refractivity (Wildman–Crippen MR) is 103 cm³/mol. The lowest BCUT2D eigenvalue weighted by atomic mass is 10.1. The summed E-state index contributed by atoms with van der Waals surface area (Å²) in [6, 6.07) is 11.2. The van der Waals surface area contributed by atoms with Crippen molar-refractivity contribution in [3.8, 4) is 5.75 Å². The molecule has 1 aromatic heterocycles. The van der Waals surface area contributed by atoms with E-state index in [1.165, 1.54) is 30.5 Å². The van der Waals surface area contributed by atoms with Crippen molar-refractivity contribution in [3.05, 3.63) is 69.8 Å². The van der Waals surface area contributed by atoms with Crippen LogP contribution in [0, 0.1) is 12.7 Å². The summed E-state index contributed by atoms with van der Waals surface area (Å²) in [6.07, 6.45) is 3.18. The quantitative estimate of drug-likeness (QED) is 0.676. The Morgan fingerprint density at radius 3 is 2.62 bits per heavy atom. The minimum atomic E-state index is -0.352. The summed E-state index contributed by atoms with van der Waals surface area (Å²) in [6.45, 7) is 4.57. The molecular weight excluding hydrogens is 331 g/mol. The van der Waals surface area contributed by atoms with E-state index < -0.39 is 0 Å². The molecule has 0 unspecified atom stereocenters. The van der Waals surface area contributed by atoms with E-state index in [9.17, 15) is 14.3 Å². The molecule has 4 nitrogen and oxygen atoms in total. The number of aromatic hydroxyl groups is 1. The molecule has 3 aromatic rings. The van der Waals surface area contributed by atoms with Gasteiger partial charge in [-0.25, -0.2) is 4.39 Å². The number of unbranched alkanes of at least 4 members (excludes halogenated alkanes) is 1. The van der Waals surface area contributed by atoms with Gasteiger partial charge in [-0.15, -0.1) is 0 Å². The molecule has 0 amide bonds. The van der Waals surface area contributed by atoms with Crippen LogP contribution >= 0.6 is 0 Å². The molecule has 0 atom stereocenters. The van der Waals surface area contributed by atoms with Crippen molar-refractivity contribution < 1.29 is 9.50 Å². The third-order valence-electron chi connectivity index (χ3n) is 4.40. The van der Waals surface area contributed by atoms with Gasteiger partial charge in [-0.1, -0.05) is 25.5 Å². The van der Waals surface area contributed by atoms with E-state index in [0.717, 1.165) is 23.9 Å². The second-order valence-electron chi connectivity index (χ2n) is 6.28. The summed E-state index contributed by atoms with van der Waals surface area (Å²) in [5.74, 6) is -0.429. The molecule has 1 heterocycles. The molecular formula is C21H21FN2O2. The van der Waals surface area contributed by atoms with Crippen molar-refractivity contribution in [2.45, 2.75) is 33.2 Å². The maximum absolute atomic E-state index is 13.0. The maximum Gasteiger partial charge on any atom is 0.263 e. The first-order valence-corrected chi connectivity index (χ1v) is 8.67. The van der Waals surface area contributed by atoms with E-state index in [0.29, 0.717) is 17.6 Å². The highest BCUT2D eigenvalue weighted by Gasteiger charge is 2.16. The van der Waals surface area contributed by atoms with Gasteiger partial charge in [-0.3, -0.25) is 9.79 Å². The second-order valence-corrected chi connectivity index (χ2v) is 6.28. The largest absolute Gasteiger partial charge is 0.506 e. The number of aliphatic imine (C=N–C) groups is 1. The minimum absolute atomic E-state index is 0.0766. The van der Waals surface area contributed by atoms with Gasteiger partial charge in [0, 0.05) is 18.1 Å². The Morgan fingerprint density at radius 2 is 1.92 bits per heavy atom. The molecule has 0 bridgehead atoms. The molecule has 0 fully saturated rings. The number of halogens is 1. The minimum Gasteiger partial charge on any atom is -0.506 e. The first-order chi connectivity index (χ1) is 12.5. The van der Waals surface area contributed by atoms with Crippen molar-refractivity contribution >= 4 is 22.8 Å². The average molecular weight is 352 g/mol. The van der Waals surface area contributed by atoms with Gasteiger partial charge in [-0.05, 0) is 49.2 Å². The zero-order valence-electron chi connectivity index (χ0n) is 14.9. The van der Waals surface area contributed by atoms with Crippen LogP contribution in [0.15, 0.2) is 52.3 Å². The van der Waals surface area contributed by atoms with Crippen molar-refractivity contribution in [2.75, 3.05) is 0 Å². The Balaban J connectivity index is 2.19. The smallest absolute Gasteiger partial charge is 0.263 e. The lowest BCUT2D eigenvalue weighted by Gasteiger charge is -2.15. The summed E-state index contributed by atoms with van der Waals surface area (Å²) in [5, 5.41) is 11.3. The third kappa shape index (κ3) is 3.38. The van der Waals surface area contributed by atoms with Crippen LogP contribution in [-0.4, -0.2) is 15.9 Å². The number of para-hydroxylation sites is 1. The molecule has 3 rings (SSSR count). The van der Waals surface area contributed by atoms with Gasteiger partial charge in [0.2, 0.25) is 0 Å². The number of aryl methyl sites for hydroxylation is 2. The predicted octanol–water partition coefficient (Wildman–Crippen LogP) is 4.71. The van der Waals surface area contributed by atoms with Crippen LogP contribution in [0.2, 0.25) is 0 Å². The zero-order chi connectivity index (χ0) is 18.7. The fourth-order valence-corrected chi connectivity index (χ4v) is 3.01. The van der Waals surface area contributed by atoms with Crippen LogP contribution in [-0.2, 0) is 6.54 Å². The molecule has 0 aliphatic heterocycles. The molecule has 134 valence electrons. The van der Waals surface area contributed by atoms with E-state index in [4.69, 9.17) is 0 Å². The Bertz CT molecular complexity index is 1020. The number of hydrogen-bond donors (Lipinski definition) is 1. The highest BCUT2D eigenvalue weighted by Crippen LogP contribution is 2.28. The van der Waals surface area contributed by atoms with E-state index in [1.54, 1.807) is 10.6 Å². The normalized spacial score (nSPS) is 11.5. The number of benzene rings is 2. The molecule has 0 aliphatic carbocycles. The van der Waals surface area contributed by atoms with Crippen molar-refractivity contribution in [1.82, 2.24) is 4.57 Å². The van der Waals surface area contributed by atoms with Gasteiger partial charge in [0.25, 0.3) is 5.56 Å². The lowest BCUT2D eigenvalue weighted by molar-refractivity contribution is 0.477. The van der Waals surface area contributed by atoms with Crippen molar-refractivity contribution in [1.29, 1.82) is 0 Å². The van der Waals surface area contributed by atoms with E-state index in [-0.39, 0.29) is 22.7 Å². The first-order valence-electron chi connectivity index (χ1n) is 8.67. The number of aromatic nitrogens is 1. The van der Waals surface area contributed by atoms with Crippen LogP contribution in [0.1, 0.15) is 30.9 Å². The number of rotatable bonds is 5.